The summed E-state index contributed by atoms with van der Waals surface area (Å²) in [7, 11) is 0. The van der Waals surface area contributed by atoms with Gasteiger partial charge in [0.1, 0.15) is 23.1 Å². The second-order valence-corrected chi connectivity index (χ2v) is 6.95. The topological polar surface area (TPSA) is 52.6 Å². The van der Waals surface area contributed by atoms with Crippen molar-refractivity contribution in [2.24, 2.45) is 0 Å². The summed E-state index contributed by atoms with van der Waals surface area (Å²) >= 11 is 6.01. The van der Waals surface area contributed by atoms with Crippen LogP contribution < -0.4 is 9.47 Å². The quantitative estimate of drug-likeness (QED) is 0.303. The molecule has 0 spiro atoms. The summed E-state index contributed by atoms with van der Waals surface area (Å²) in [5.41, 5.74) is 0.720. The van der Waals surface area contributed by atoms with Crippen LogP contribution in [0.15, 0.2) is 60.4 Å². The van der Waals surface area contributed by atoms with E-state index < -0.39 is 23.4 Å². The summed E-state index contributed by atoms with van der Waals surface area (Å²) in [5, 5.41) is 0.135. The number of carbonyl (C=O) groups excluding carboxylic acids is 2. The third kappa shape index (κ3) is 3.57. The molecular weight excluding hydrogens is 414 g/mol. The Bertz CT molecular complexity index is 1210. The second-order valence-electron chi connectivity index (χ2n) is 6.54. The van der Waals surface area contributed by atoms with E-state index in [4.69, 9.17) is 21.1 Å². The predicted octanol–water partition coefficient (Wildman–Crippen LogP) is 5.76. The number of fused-ring (bicyclic) bond motifs is 1. The van der Waals surface area contributed by atoms with Crippen LogP contribution in [-0.2, 0) is 0 Å². The van der Waals surface area contributed by atoms with Crippen molar-refractivity contribution in [3.63, 3.8) is 0 Å². The van der Waals surface area contributed by atoms with Crippen LogP contribution in [0.25, 0.3) is 6.08 Å². The van der Waals surface area contributed by atoms with Crippen LogP contribution in [0.4, 0.5) is 8.78 Å². The van der Waals surface area contributed by atoms with Gasteiger partial charge < -0.3 is 9.47 Å². The Hall–Kier alpha value is -3.51. The van der Waals surface area contributed by atoms with Crippen LogP contribution >= 0.6 is 11.6 Å². The molecule has 0 aromatic heterocycles. The van der Waals surface area contributed by atoms with E-state index in [2.05, 4.69) is 0 Å². The lowest BCUT2D eigenvalue weighted by Gasteiger charge is -2.10. The minimum atomic E-state index is -0.754. The highest BCUT2D eigenvalue weighted by Gasteiger charge is 2.31. The molecule has 7 heteroatoms. The lowest BCUT2D eigenvalue weighted by molar-refractivity contribution is 0.0732. The highest BCUT2D eigenvalue weighted by molar-refractivity contribution is 6.32. The summed E-state index contributed by atoms with van der Waals surface area (Å²) in [6.07, 6.45) is 1.23. The van der Waals surface area contributed by atoms with E-state index in [-0.39, 0.29) is 39.0 Å². The maximum absolute atomic E-state index is 14.1. The van der Waals surface area contributed by atoms with Crippen LogP contribution in [0.2, 0.25) is 5.02 Å². The third-order valence-corrected chi connectivity index (χ3v) is 4.90. The van der Waals surface area contributed by atoms with E-state index in [1.54, 1.807) is 6.92 Å². The third-order valence-electron chi connectivity index (χ3n) is 4.57. The molecule has 0 bridgehead atoms. The van der Waals surface area contributed by atoms with Crippen LogP contribution in [0.5, 0.6) is 11.5 Å². The van der Waals surface area contributed by atoms with Gasteiger partial charge in [0.05, 0.1) is 16.1 Å². The fourth-order valence-electron chi connectivity index (χ4n) is 3.03. The number of rotatable bonds is 3. The number of allylic oxidation sites excluding steroid dienone is 1. The Morgan fingerprint density at radius 1 is 1.10 bits per heavy atom. The zero-order valence-electron chi connectivity index (χ0n) is 15.5. The zero-order chi connectivity index (χ0) is 21.4. The van der Waals surface area contributed by atoms with Gasteiger partial charge in [-0.1, -0.05) is 23.7 Å². The average Bonchev–Trinajstić information content (AvgIpc) is 3.03. The van der Waals surface area contributed by atoms with Crippen molar-refractivity contribution < 1.29 is 27.8 Å². The van der Waals surface area contributed by atoms with Gasteiger partial charge in [-0.05, 0) is 55.5 Å². The minimum Gasteiger partial charge on any atom is -0.452 e. The maximum Gasteiger partial charge on any atom is 0.343 e. The average molecular weight is 427 g/mol. The van der Waals surface area contributed by atoms with Gasteiger partial charge in [-0.3, -0.25) is 4.79 Å². The normalized spacial score (nSPS) is 13.9. The van der Waals surface area contributed by atoms with Crippen molar-refractivity contribution in [1.29, 1.82) is 0 Å². The van der Waals surface area contributed by atoms with Crippen LogP contribution in [0, 0.1) is 18.6 Å². The molecule has 0 radical (unpaired) electrons. The largest absolute Gasteiger partial charge is 0.452 e. The Kier molecular flexibility index (Phi) is 5.10. The molecule has 0 fully saturated rings. The van der Waals surface area contributed by atoms with E-state index in [1.807, 2.05) is 0 Å². The number of hydrogen-bond donors (Lipinski definition) is 0. The highest BCUT2D eigenvalue weighted by atomic mass is 35.5. The lowest BCUT2D eigenvalue weighted by Crippen LogP contribution is -2.09. The Morgan fingerprint density at radius 2 is 1.87 bits per heavy atom. The van der Waals surface area contributed by atoms with E-state index >= 15 is 0 Å². The number of hydrogen-bond acceptors (Lipinski definition) is 4. The molecule has 0 saturated heterocycles. The van der Waals surface area contributed by atoms with Gasteiger partial charge in [0, 0.05) is 11.1 Å². The Balaban J connectivity index is 1.65. The lowest BCUT2D eigenvalue weighted by atomic mass is 10.1. The molecule has 4 rings (SSSR count). The van der Waals surface area contributed by atoms with Gasteiger partial charge in [-0.25, -0.2) is 13.6 Å². The summed E-state index contributed by atoms with van der Waals surface area (Å²) < 4.78 is 38.4. The fraction of sp³-hybridized carbons (Fsp3) is 0.0435. The number of Topliss-reactive ketones (excluding diaryl/α,β-unsaturated/α-hetero) is 1. The molecule has 1 aliphatic heterocycles. The number of ketones is 1. The first-order chi connectivity index (χ1) is 14.3. The first-order valence-electron chi connectivity index (χ1n) is 8.85. The molecule has 1 heterocycles. The van der Waals surface area contributed by atoms with Crippen LogP contribution in [0.3, 0.4) is 0 Å². The van der Waals surface area contributed by atoms with Crippen LogP contribution in [-0.4, -0.2) is 11.8 Å². The molecule has 30 heavy (non-hydrogen) atoms. The van der Waals surface area contributed by atoms with Crippen LogP contribution in [0.1, 0.15) is 31.8 Å². The van der Waals surface area contributed by atoms with Gasteiger partial charge in [0.2, 0.25) is 5.78 Å². The number of halogens is 3. The predicted molar refractivity (Wildman–Crippen MR) is 107 cm³/mol. The van der Waals surface area contributed by atoms with Crippen molar-refractivity contribution in [2.45, 2.75) is 6.92 Å². The second kappa shape index (κ2) is 7.72. The van der Waals surface area contributed by atoms with E-state index in [0.29, 0.717) is 5.56 Å². The standard InChI is InChI=1S/C23H13ClF2O4/c1-12-19(30-23(28)13-4-2-5-14(25)10-13)9-8-15-21(27)20(29-22(12)15)11-16-17(24)6-3-7-18(16)26/h2-11H,1H3/b20-11-. The molecule has 0 amide bonds. The zero-order valence-corrected chi connectivity index (χ0v) is 16.3. The SMILES string of the molecule is Cc1c(OC(=O)c2cccc(F)c2)ccc2c1O/C(=C\c1c(F)cccc1Cl)C2=O. The molecule has 150 valence electrons. The molecule has 3 aromatic carbocycles. The van der Waals surface area contributed by atoms with Gasteiger partial charge in [0.15, 0.2) is 5.76 Å². The first kappa shape index (κ1) is 19.8. The minimum absolute atomic E-state index is 0.0331. The van der Waals surface area contributed by atoms with E-state index in [0.717, 1.165) is 6.07 Å². The monoisotopic (exact) mass is 426 g/mol. The van der Waals surface area contributed by atoms with Crippen molar-refractivity contribution >= 4 is 29.4 Å². The smallest absolute Gasteiger partial charge is 0.343 e. The van der Waals surface area contributed by atoms with E-state index in [1.165, 1.54) is 54.6 Å². The van der Waals surface area contributed by atoms with Gasteiger partial charge in [-0.2, -0.15) is 0 Å². The molecule has 1 aliphatic rings. The summed E-state index contributed by atoms with van der Waals surface area (Å²) in [4.78, 5) is 25.0. The number of esters is 1. The van der Waals surface area contributed by atoms with Crippen molar-refractivity contribution in [2.75, 3.05) is 0 Å². The summed E-state index contributed by atoms with van der Waals surface area (Å²) in [6, 6.07) is 12.2. The first-order valence-corrected chi connectivity index (χ1v) is 9.22. The summed E-state index contributed by atoms with van der Waals surface area (Å²) in [6.45, 7) is 1.61. The summed E-state index contributed by atoms with van der Waals surface area (Å²) in [5.74, 6) is -2.11. The molecular formula is C23H13ClF2O4. The number of ether oxygens (including phenoxy) is 2. The molecule has 0 unspecified atom stereocenters. The molecule has 3 aromatic rings. The molecule has 0 N–H and O–H groups in total. The number of benzene rings is 3. The fourth-order valence-corrected chi connectivity index (χ4v) is 3.25. The van der Waals surface area contributed by atoms with Crippen molar-refractivity contribution in [1.82, 2.24) is 0 Å². The maximum atomic E-state index is 14.1. The molecule has 4 nitrogen and oxygen atoms in total. The highest BCUT2D eigenvalue weighted by Crippen LogP contribution is 2.40. The number of carbonyl (C=O) groups is 2. The van der Waals surface area contributed by atoms with Crippen molar-refractivity contribution in [3.8, 4) is 11.5 Å². The molecule has 0 saturated carbocycles. The van der Waals surface area contributed by atoms with Gasteiger partial charge in [-0.15, -0.1) is 0 Å². The molecule has 0 aliphatic carbocycles. The molecule has 0 atom stereocenters. The van der Waals surface area contributed by atoms with Crippen molar-refractivity contribution in [3.05, 3.63) is 99.3 Å². The Morgan fingerprint density at radius 3 is 2.60 bits per heavy atom. The van der Waals surface area contributed by atoms with Gasteiger partial charge in [0.25, 0.3) is 0 Å². The Labute approximate surface area is 175 Å². The van der Waals surface area contributed by atoms with Gasteiger partial charge >= 0.3 is 5.97 Å². The van der Waals surface area contributed by atoms with E-state index in [9.17, 15) is 18.4 Å².